The maximum Gasteiger partial charge on any atom is 0.141 e. The van der Waals surface area contributed by atoms with Crippen molar-refractivity contribution >= 4 is 35.7 Å². The number of halogens is 3. The van der Waals surface area contributed by atoms with Gasteiger partial charge in [-0.15, -0.1) is 31.4 Å². The maximum absolute atomic E-state index is 15.5. The summed E-state index contributed by atoms with van der Waals surface area (Å²) in [6.45, 7) is 5.88. The van der Waals surface area contributed by atoms with Crippen LogP contribution in [0.5, 0.6) is 5.75 Å². The minimum Gasteiger partial charge on any atom is -0.497 e. The van der Waals surface area contributed by atoms with Gasteiger partial charge in [0.25, 0.3) is 0 Å². The number of hydrogen-bond acceptors (Lipinski definition) is 3. The van der Waals surface area contributed by atoms with Crippen LogP contribution in [0.4, 0.5) is 4.39 Å². The fraction of sp³-hybridized carbons (Fsp3) is 0.450. The summed E-state index contributed by atoms with van der Waals surface area (Å²) in [5.41, 5.74) is 1.54. The van der Waals surface area contributed by atoms with E-state index < -0.39 is 6.17 Å². The molecule has 1 unspecified atom stereocenters. The first-order valence-corrected chi connectivity index (χ1v) is 8.64. The summed E-state index contributed by atoms with van der Waals surface area (Å²) in [6, 6.07) is 7.43. The largest absolute Gasteiger partial charge is 0.497 e. The summed E-state index contributed by atoms with van der Waals surface area (Å²) in [7, 11) is 1.63. The zero-order valence-corrected chi connectivity index (χ0v) is 16.4. The molecule has 5 atom stereocenters. The molecule has 0 aliphatic carbocycles. The molecule has 1 aromatic carbocycles. The third kappa shape index (κ3) is 3.55. The van der Waals surface area contributed by atoms with Crippen LogP contribution in [-0.2, 0) is 0 Å². The van der Waals surface area contributed by atoms with Gasteiger partial charge in [0.2, 0.25) is 0 Å². The predicted molar refractivity (Wildman–Crippen MR) is 108 cm³/mol. The van der Waals surface area contributed by atoms with Gasteiger partial charge in [-0.05, 0) is 61.1 Å². The summed E-state index contributed by atoms with van der Waals surface area (Å²) in [4.78, 5) is 6.68. The number of benzene rings is 1. The van der Waals surface area contributed by atoms with Crippen LogP contribution in [-0.4, -0.2) is 36.1 Å². The van der Waals surface area contributed by atoms with Crippen LogP contribution in [0.25, 0.3) is 10.9 Å². The van der Waals surface area contributed by atoms with Crippen LogP contribution in [0, 0.1) is 11.8 Å². The van der Waals surface area contributed by atoms with Crippen LogP contribution in [0.3, 0.4) is 0 Å². The van der Waals surface area contributed by atoms with E-state index in [0.717, 1.165) is 48.1 Å². The number of aromatic nitrogens is 1. The van der Waals surface area contributed by atoms with Gasteiger partial charge in [0.1, 0.15) is 11.9 Å². The molecule has 4 heterocycles. The zero-order chi connectivity index (χ0) is 16.7. The molecule has 0 N–H and O–H groups in total. The number of ether oxygens (including phenoxy) is 1. The average Bonchev–Trinajstić information content (AvgIpc) is 2.66. The topological polar surface area (TPSA) is 25.4 Å². The van der Waals surface area contributed by atoms with Gasteiger partial charge in [-0.1, -0.05) is 6.08 Å². The minimum absolute atomic E-state index is 0. The average molecular weight is 399 g/mol. The lowest BCUT2D eigenvalue weighted by Crippen LogP contribution is -2.54. The van der Waals surface area contributed by atoms with Crippen molar-refractivity contribution in [3.63, 3.8) is 0 Å². The summed E-state index contributed by atoms with van der Waals surface area (Å²) in [5, 5.41) is 0.854. The fourth-order valence-corrected chi connectivity index (χ4v) is 4.40. The molecule has 6 heteroatoms. The quantitative estimate of drug-likeness (QED) is 0.677. The Balaban J connectivity index is 0.00000121. The SMILES string of the molecule is C=C[C@H]1CN2CC[C@H]1C[C@@H]2[C@H](F)c1ccnc2ccc(OC)cc12.Cl.Cl. The summed E-state index contributed by atoms with van der Waals surface area (Å²) >= 11 is 0. The molecule has 3 aliphatic heterocycles. The van der Waals surface area contributed by atoms with E-state index >= 15 is 4.39 Å². The van der Waals surface area contributed by atoms with Gasteiger partial charge in [0, 0.05) is 24.2 Å². The molecule has 3 nitrogen and oxygen atoms in total. The monoisotopic (exact) mass is 398 g/mol. The van der Waals surface area contributed by atoms with Crippen LogP contribution < -0.4 is 4.74 Å². The minimum atomic E-state index is -1.00. The third-order valence-electron chi connectivity index (χ3n) is 5.77. The van der Waals surface area contributed by atoms with E-state index in [-0.39, 0.29) is 30.9 Å². The van der Waals surface area contributed by atoms with Crippen molar-refractivity contribution < 1.29 is 9.13 Å². The van der Waals surface area contributed by atoms with Crippen LogP contribution >= 0.6 is 24.8 Å². The molecule has 5 rings (SSSR count). The third-order valence-corrected chi connectivity index (χ3v) is 5.77. The Kier molecular flexibility index (Phi) is 6.89. The molecule has 3 saturated heterocycles. The lowest BCUT2D eigenvalue weighted by atomic mass is 9.74. The first-order chi connectivity index (χ1) is 11.7. The Hall–Kier alpha value is -1.36. The van der Waals surface area contributed by atoms with Gasteiger partial charge in [-0.3, -0.25) is 9.88 Å². The van der Waals surface area contributed by atoms with Crippen molar-refractivity contribution in [2.75, 3.05) is 20.2 Å². The van der Waals surface area contributed by atoms with Crippen molar-refractivity contribution in [1.29, 1.82) is 0 Å². The van der Waals surface area contributed by atoms with E-state index in [1.807, 2.05) is 30.3 Å². The molecule has 0 amide bonds. The Morgan fingerprint density at radius 2 is 2.15 bits per heavy atom. The van der Waals surface area contributed by atoms with Gasteiger partial charge in [0.05, 0.1) is 12.6 Å². The van der Waals surface area contributed by atoms with Crippen LogP contribution in [0.15, 0.2) is 43.1 Å². The molecular weight excluding hydrogens is 374 g/mol. The molecule has 26 heavy (non-hydrogen) atoms. The second kappa shape index (κ2) is 8.55. The maximum atomic E-state index is 15.5. The summed E-state index contributed by atoms with van der Waals surface area (Å²) in [5.74, 6) is 1.82. The number of methoxy groups -OCH3 is 1. The Morgan fingerprint density at radius 3 is 2.81 bits per heavy atom. The van der Waals surface area contributed by atoms with Crippen LogP contribution in [0.2, 0.25) is 0 Å². The lowest BCUT2D eigenvalue weighted by molar-refractivity contribution is -0.0183. The highest BCUT2D eigenvalue weighted by atomic mass is 35.5. The fourth-order valence-electron chi connectivity index (χ4n) is 4.40. The molecule has 2 bridgehead atoms. The number of alkyl halides is 1. The molecule has 3 aliphatic rings. The second-order valence-corrected chi connectivity index (χ2v) is 6.93. The molecular formula is C20H25Cl2FN2O. The van der Waals surface area contributed by atoms with Crippen LogP contribution in [0.1, 0.15) is 24.6 Å². The van der Waals surface area contributed by atoms with E-state index in [1.54, 1.807) is 13.3 Å². The van der Waals surface area contributed by atoms with Gasteiger partial charge in [0.15, 0.2) is 0 Å². The number of rotatable bonds is 4. The van der Waals surface area contributed by atoms with E-state index in [4.69, 9.17) is 4.74 Å². The Morgan fingerprint density at radius 1 is 1.35 bits per heavy atom. The molecule has 0 radical (unpaired) electrons. The summed E-state index contributed by atoms with van der Waals surface area (Å²) < 4.78 is 20.8. The van der Waals surface area contributed by atoms with Gasteiger partial charge in [-0.2, -0.15) is 0 Å². The normalized spacial score (nSPS) is 27.9. The molecule has 0 saturated carbocycles. The predicted octanol–water partition coefficient (Wildman–Crippen LogP) is 4.99. The molecule has 0 spiro atoms. The standard InChI is InChI=1S/C20H23FN2O.2ClH/c1-3-13-12-23-9-7-14(13)10-19(23)20(21)16-6-8-22-18-5-4-15(24-2)11-17(16)18;;/h3-6,8,11,13-14,19-20H,1,7,9-10,12H2,2H3;2*1H/t13-,14-,19+,20+;;/m0../s1. The van der Waals surface area contributed by atoms with Crippen molar-refractivity contribution in [2.24, 2.45) is 11.8 Å². The summed E-state index contributed by atoms with van der Waals surface area (Å²) in [6.07, 6.45) is 4.82. The van der Waals surface area contributed by atoms with Crippen molar-refractivity contribution in [1.82, 2.24) is 9.88 Å². The molecule has 1 aromatic heterocycles. The van der Waals surface area contributed by atoms with E-state index in [0.29, 0.717) is 11.8 Å². The van der Waals surface area contributed by atoms with Crippen molar-refractivity contribution in [3.05, 3.63) is 48.7 Å². The highest BCUT2D eigenvalue weighted by Crippen LogP contribution is 2.43. The number of pyridine rings is 1. The van der Waals surface area contributed by atoms with E-state index in [1.165, 1.54) is 0 Å². The molecule has 142 valence electrons. The van der Waals surface area contributed by atoms with Gasteiger partial charge >= 0.3 is 0 Å². The van der Waals surface area contributed by atoms with E-state index in [2.05, 4.69) is 16.5 Å². The van der Waals surface area contributed by atoms with Gasteiger partial charge in [-0.25, -0.2) is 4.39 Å². The molecule has 3 fully saturated rings. The number of piperidine rings is 3. The van der Waals surface area contributed by atoms with Gasteiger partial charge < -0.3 is 4.74 Å². The zero-order valence-electron chi connectivity index (χ0n) is 14.8. The van der Waals surface area contributed by atoms with Crippen molar-refractivity contribution in [2.45, 2.75) is 25.1 Å². The Bertz CT molecular complexity index is 773. The second-order valence-electron chi connectivity index (χ2n) is 6.93. The number of hydrogen-bond donors (Lipinski definition) is 0. The first kappa shape index (κ1) is 20.9. The number of fused-ring (bicyclic) bond motifs is 4. The highest BCUT2D eigenvalue weighted by molar-refractivity contribution is 5.85. The molecule has 2 aromatic rings. The van der Waals surface area contributed by atoms with Crippen molar-refractivity contribution in [3.8, 4) is 5.75 Å². The highest BCUT2D eigenvalue weighted by Gasteiger charge is 2.43. The first-order valence-electron chi connectivity index (χ1n) is 8.64. The number of nitrogens with zero attached hydrogens (tertiary/aromatic N) is 2. The Labute approximate surface area is 166 Å². The lowest BCUT2D eigenvalue weighted by Gasteiger charge is -2.50. The smallest absolute Gasteiger partial charge is 0.141 e. The van der Waals surface area contributed by atoms with E-state index in [9.17, 15) is 0 Å².